The number of nitrogens with two attached hydrogens (primary N) is 1. The number of aliphatic imine (C=N–C) groups is 1. The van der Waals surface area contributed by atoms with E-state index in [-0.39, 0.29) is 5.70 Å². The molecular formula is C9H12F2N2. The lowest BCUT2D eigenvalue weighted by atomic mass is 10.3. The maximum atomic E-state index is 11.7. The number of nitrogens with zero attached hydrogens (tertiary/aromatic N) is 1. The molecular weight excluding hydrogens is 174 g/mol. The van der Waals surface area contributed by atoms with Gasteiger partial charge in [0.25, 0.3) is 6.43 Å². The van der Waals surface area contributed by atoms with E-state index in [2.05, 4.69) is 11.6 Å². The Bertz CT molecular complexity index is 252. The Morgan fingerprint density at radius 2 is 2.15 bits per heavy atom. The predicted octanol–water partition coefficient (Wildman–Crippen LogP) is 2.25. The molecule has 0 aliphatic heterocycles. The van der Waals surface area contributed by atoms with Gasteiger partial charge in [-0.05, 0) is 13.0 Å². The summed E-state index contributed by atoms with van der Waals surface area (Å²) in [5, 5.41) is 0. The molecule has 0 spiro atoms. The van der Waals surface area contributed by atoms with E-state index in [1.165, 1.54) is 12.2 Å². The average molecular weight is 186 g/mol. The third-order valence-electron chi connectivity index (χ3n) is 1.21. The second-order valence-electron chi connectivity index (χ2n) is 2.14. The van der Waals surface area contributed by atoms with Crippen molar-refractivity contribution < 1.29 is 8.78 Å². The molecule has 0 aromatic rings. The summed E-state index contributed by atoms with van der Waals surface area (Å²) in [7, 11) is 0. The Labute approximate surface area is 76.2 Å². The monoisotopic (exact) mass is 186 g/mol. The van der Waals surface area contributed by atoms with E-state index in [9.17, 15) is 8.78 Å². The summed E-state index contributed by atoms with van der Waals surface area (Å²) in [5.74, 6) is 0. The summed E-state index contributed by atoms with van der Waals surface area (Å²) in [6, 6.07) is 0. The van der Waals surface area contributed by atoms with Crippen molar-refractivity contribution in [2.45, 2.75) is 13.3 Å². The first-order valence-electron chi connectivity index (χ1n) is 3.69. The molecule has 2 nitrogen and oxygen atoms in total. The first-order chi connectivity index (χ1) is 6.11. The lowest BCUT2D eigenvalue weighted by Crippen LogP contribution is -2.00. The first kappa shape index (κ1) is 11.6. The SMILES string of the molecule is C=C/C=C(/N=C/C(F)F)C(\N)=C/C. The van der Waals surface area contributed by atoms with Crippen LogP contribution in [0.3, 0.4) is 0 Å². The molecule has 0 amide bonds. The predicted molar refractivity (Wildman–Crippen MR) is 50.7 cm³/mol. The van der Waals surface area contributed by atoms with Crippen LogP contribution in [0.15, 0.2) is 41.2 Å². The van der Waals surface area contributed by atoms with Gasteiger partial charge in [-0.25, -0.2) is 8.78 Å². The van der Waals surface area contributed by atoms with Crippen LogP contribution in [0, 0.1) is 0 Å². The molecule has 0 aromatic heterocycles. The molecule has 72 valence electrons. The number of hydrogen-bond acceptors (Lipinski definition) is 2. The molecule has 0 aliphatic carbocycles. The molecule has 0 rings (SSSR count). The van der Waals surface area contributed by atoms with Crippen LogP contribution in [0.2, 0.25) is 0 Å². The van der Waals surface area contributed by atoms with Crippen molar-refractivity contribution in [3.05, 3.63) is 36.2 Å². The maximum absolute atomic E-state index is 11.7. The fraction of sp³-hybridized carbons (Fsp3) is 0.222. The minimum absolute atomic E-state index is 0.290. The fourth-order valence-electron chi connectivity index (χ4n) is 0.610. The van der Waals surface area contributed by atoms with Gasteiger partial charge in [-0.15, -0.1) is 0 Å². The molecule has 0 atom stereocenters. The van der Waals surface area contributed by atoms with Crippen LogP contribution in [0.4, 0.5) is 8.78 Å². The van der Waals surface area contributed by atoms with Crippen LogP contribution >= 0.6 is 0 Å². The Morgan fingerprint density at radius 1 is 1.54 bits per heavy atom. The molecule has 0 bridgehead atoms. The van der Waals surface area contributed by atoms with E-state index in [1.54, 1.807) is 13.0 Å². The zero-order valence-corrected chi connectivity index (χ0v) is 7.37. The molecule has 13 heavy (non-hydrogen) atoms. The lowest BCUT2D eigenvalue weighted by molar-refractivity contribution is 0.231. The van der Waals surface area contributed by atoms with Crippen LogP contribution in [0.25, 0.3) is 0 Å². The second-order valence-corrected chi connectivity index (χ2v) is 2.14. The number of allylic oxidation sites excluding steroid dienone is 3. The fourth-order valence-corrected chi connectivity index (χ4v) is 0.610. The molecule has 0 aliphatic rings. The summed E-state index contributed by atoms with van der Waals surface area (Å²) < 4.78 is 23.5. The summed E-state index contributed by atoms with van der Waals surface area (Å²) >= 11 is 0. The van der Waals surface area contributed by atoms with Gasteiger partial charge in [-0.3, -0.25) is 4.99 Å². The highest BCUT2D eigenvalue weighted by Gasteiger charge is 1.98. The molecule has 0 saturated heterocycles. The molecule has 0 unspecified atom stereocenters. The quantitative estimate of drug-likeness (QED) is 0.530. The molecule has 0 aromatic carbocycles. The number of rotatable bonds is 4. The van der Waals surface area contributed by atoms with E-state index in [0.717, 1.165) is 0 Å². The van der Waals surface area contributed by atoms with Gasteiger partial charge in [0.1, 0.15) is 0 Å². The van der Waals surface area contributed by atoms with Crippen molar-refractivity contribution in [3.8, 4) is 0 Å². The highest BCUT2D eigenvalue weighted by atomic mass is 19.3. The minimum atomic E-state index is -2.57. The van der Waals surface area contributed by atoms with Crippen LogP contribution in [-0.4, -0.2) is 12.6 Å². The van der Waals surface area contributed by atoms with Crippen LogP contribution in [0.1, 0.15) is 6.92 Å². The third kappa shape index (κ3) is 4.90. The van der Waals surface area contributed by atoms with Crippen LogP contribution < -0.4 is 5.73 Å². The summed E-state index contributed by atoms with van der Waals surface area (Å²) in [6.45, 7) is 5.12. The van der Waals surface area contributed by atoms with Gasteiger partial charge in [0.05, 0.1) is 17.6 Å². The minimum Gasteiger partial charge on any atom is -0.397 e. The van der Waals surface area contributed by atoms with Crippen molar-refractivity contribution in [2.24, 2.45) is 10.7 Å². The molecule has 0 heterocycles. The van der Waals surface area contributed by atoms with E-state index in [1.807, 2.05) is 0 Å². The van der Waals surface area contributed by atoms with Crippen molar-refractivity contribution >= 4 is 6.21 Å². The third-order valence-corrected chi connectivity index (χ3v) is 1.21. The molecule has 2 N–H and O–H groups in total. The second kappa shape index (κ2) is 6.11. The Kier molecular flexibility index (Phi) is 5.43. The van der Waals surface area contributed by atoms with Gasteiger partial charge >= 0.3 is 0 Å². The largest absolute Gasteiger partial charge is 0.397 e. The van der Waals surface area contributed by atoms with E-state index in [4.69, 9.17) is 5.73 Å². The Morgan fingerprint density at radius 3 is 2.54 bits per heavy atom. The van der Waals surface area contributed by atoms with Gasteiger partial charge in [0.15, 0.2) is 0 Å². The first-order valence-corrected chi connectivity index (χ1v) is 3.69. The molecule has 0 radical (unpaired) electrons. The van der Waals surface area contributed by atoms with Crippen molar-refractivity contribution in [3.63, 3.8) is 0 Å². The standard InChI is InChI=1S/C9H12F2N2/c1-3-5-8(7(12)4-2)13-6-9(10)11/h3-6,9H,1,12H2,2H3/b7-4+,8-5+,13-6+. The normalized spacial score (nSPS) is 14.2. The lowest BCUT2D eigenvalue weighted by Gasteiger charge is -1.99. The van der Waals surface area contributed by atoms with Crippen molar-refractivity contribution in [2.75, 3.05) is 0 Å². The topological polar surface area (TPSA) is 38.4 Å². The highest BCUT2D eigenvalue weighted by Crippen LogP contribution is 2.05. The van der Waals surface area contributed by atoms with Gasteiger partial charge < -0.3 is 5.73 Å². The Balaban J connectivity index is 4.64. The summed E-state index contributed by atoms with van der Waals surface area (Å²) in [5.41, 5.74) is 6.11. The average Bonchev–Trinajstić information content (AvgIpc) is 2.10. The maximum Gasteiger partial charge on any atom is 0.273 e. The van der Waals surface area contributed by atoms with Crippen molar-refractivity contribution in [1.82, 2.24) is 0 Å². The highest BCUT2D eigenvalue weighted by molar-refractivity contribution is 5.63. The van der Waals surface area contributed by atoms with E-state index < -0.39 is 6.43 Å². The zero-order chi connectivity index (χ0) is 10.3. The van der Waals surface area contributed by atoms with Crippen LogP contribution in [-0.2, 0) is 0 Å². The van der Waals surface area contributed by atoms with E-state index >= 15 is 0 Å². The van der Waals surface area contributed by atoms with Gasteiger partial charge in [0, 0.05) is 0 Å². The summed E-state index contributed by atoms with van der Waals surface area (Å²) in [6.07, 6.45) is 2.45. The van der Waals surface area contributed by atoms with Gasteiger partial charge in [-0.1, -0.05) is 18.7 Å². The zero-order valence-electron chi connectivity index (χ0n) is 7.37. The van der Waals surface area contributed by atoms with E-state index in [0.29, 0.717) is 11.9 Å². The molecule has 0 saturated carbocycles. The summed E-state index contributed by atoms with van der Waals surface area (Å²) in [4.78, 5) is 3.51. The molecule has 0 fully saturated rings. The van der Waals surface area contributed by atoms with Gasteiger partial charge in [-0.2, -0.15) is 0 Å². The van der Waals surface area contributed by atoms with Gasteiger partial charge in [0.2, 0.25) is 0 Å². The number of halogens is 2. The smallest absolute Gasteiger partial charge is 0.273 e. The molecule has 4 heteroatoms. The van der Waals surface area contributed by atoms with Crippen LogP contribution in [0.5, 0.6) is 0 Å². The van der Waals surface area contributed by atoms with Crippen molar-refractivity contribution in [1.29, 1.82) is 0 Å². The Hall–Kier alpha value is -1.45. The number of alkyl halides is 2. The number of hydrogen-bond donors (Lipinski definition) is 1.